The summed E-state index contributed by atoms with van der Waals surface area (Å²) in [5.41, 5.74) is 2.52. The van der Waals surface area contributed by atoms with E-state index in [2.05, 4.69) is 43.9 Å². The molecule has 100 valence electrons. The molecule has 0 amide bonds. The van der Waals surface area contributed by atoms with Crippen molar-refractivity contribution in [3.05, 3.63) is 42.2 Å². The Hall–Kier alpha value is -1.88. The van der Waals surface area contributed by atoms with E-state index in [-0.39, 0.29) is 0 Å². The Morgan fingerprint density at radius 2 is 2.26 bits per heavy atom. The molecule has 0 saturated heterocycles. The van der Waals surface area contributed by atoms with Gasteiger partial charge in [0.2, 0.25) is 0 Å². The van der Waals surface area contributed by atoms with Gasteiger partial charge in [0.25, 0.3) is 0 Å². The van der Waals surface area contributed by atoms with Gasteiger partial charge in [-0.25, -0.2) is 4.98 Å². The molecule has 0 bridgehead atoms. The summed E-state index contributed by atoms with van der Waals surface area (Å²) in [5.74, 6) is 1.13. The van der Waals surface area contributed by atoms with Crippen molar-refractivity contribution in [3.63, 3.8) is 0 Å². The van der Waals surface area contributed by atoms with E-state index >= 15 is 0 Å². The van der Waals surface area contributed by atoms with Crippen molar-refractivity contribution in [2.75, 3.05) is 18.0 Å². The van der Waals surface area contributed by atoms with Gasteiger partial charge in [-0.05, 0) is 18.2 Å². The molecule has 3 rings (SSSR count). The minimum absolute atomic E-state index is 0.859. The lowest BCUT2D eigenvalue weighted by molar-refractivity contribution is 0.557. The van der Waals surface area contributed by atoms with Crippen LogP contribution in [0.2, 0.25) is 0 Å². The molecule has 3 heterocycles. The zero-order valence-corrected chi connectivity index (χ0v) is 11.2. The topological polar surface area (TPSA) is 46.0 Å². The number of pyridine rings is 1. The lowest BCUT2D eigenvalue weighted by atomic mass is 10.2. The molecule has 1 aliphatic heterocycles. The highest BCUT2D eigenvalue weighted by atomic mass is 15.2. The van der Waals surface area contributed by atoms with Gasteiger partial charge in [0.15, 0.2) is 0 Å². The van der Waals surface area contributed by atoms with Gasteiger partial charge >= 0.3 is 0 Å². The molecule has 1 aliphatic rings. The summed E-state index contributed by atoms with van der Waals surface area (Å²) in [6.07, 6.45) is 7.75. The summed E-state index contributed by atoms with van der Waals surface area (Å²) < 4.78 is 2.22. The Balaban J connectivity index is 1.83. The van der Waals surface area contributed by atoms with E-state index in [1.807, 2.05) is 18.6 Å². The van der Waals surface area contributed by atoms with Gasteiger partial charge in [0, 0.05) is 38.2 Å². The first-order chi connectivity index (χ1) is 9.38. The van der Waals surface area contributed by atoms with Crippen molar-refractivity contribution in [1.29, 1.82) is 0 Å². The Labute approximate surface area is 113 Å². The first kappa shape index (κ1) is 12.2. The van der Waals surface area contributed by atoms with Crippen LogP contribution in [0.3, 0.4) is 0 Å². The van der Waals surface area contributed by atoms with Gasteiger partial charge in [-0.1, -0.05) is 6.92 Å². The van der Waals surface area contributed by atoms with Crippen LogP contribution in [0.5, 0.6) is 0 Å². The van der Waals surface area contributed by atoms with E-state index in [4.69, 9.17) is 0 Å². The maximum Gasteiger partial charge on any atom is 0.128 e. The summed E-state index contributed by atoms with van der Waals surface area (Å²) >= 11 is 0. The van der Waals surface area contributed by atoms with Crippen LogP contribution >= 0.6 is 0 Å². The molecule has 2 aromatic heterocycles. The maximum absolute atomic E-state index is 4.41. The zero-order chi connectivity index (χ0) is 13.1. The van der Waals surface area contributed by atoms with E-state index in [0.29, 0.717) is 0 Å². The maximum atomic E-state index is 4.41. The number of hydrogen-bond donors (Lipinski definition) is 1. The van der Waals surface area contributed by atoms with Gasteiger partial charge < -0.3 is 14.8 Å². The molecule has 19 heavy (non-hydrogen) atoms. The number of nitrogens with one attached hydrogen (secondary N) is 1. The Kier molecular flexibility index (Phi) is 3.46. The average molecular weight is 257 g/mol. The molecule has 0 radical (unpaired) electrons. The average Bonchev–Trinajstić information content (AvgIpc) is 2.92. The SMILES string of the molecule is CCNCc1ccncc1N1CCn2ccnc2C1. The third-order valence-corrected chi connectivity index (χ3v) is 3.54. The van der Waals surface area contributed by atoms with Crippen LogP contribution in [0.4, 0.5) is 5.69 Å². The van der Waals surface area contributed by atoms with E-state index in [9.17, 15) is 0 Å². The Bertz CT molecular complexity index is 548. The van der Waals surface area contributed by atoms with Crippen molar-refractivity contribution in [1.82, 2.24) is 19.9 Å². The number of hydrogen-bond acceptors (Lipinski definition) is 4. The summed E-state index contributed by atoms with van der Waals surface area (Å²) in [7, 11) is 0. The minimum atomic E-state index is 0.859. The van der Waals surface area contributed by atoms with Gasteiger partial charge in [-0.15, -0.1) is 0 Å². The van der Waals surface area contributed by atoms with Crippen molar-refractivity contribution in [3.8, 4) is 0 Å². The largest absolute Gasteiger partial charge is 0.361 e. The monoisotopic (exact) mass is 257 g/mol. The summed E-state index contributed by atoms with van der Waals surface area (Å²) in [6, 6.07) is 2.10. The molecule has 0 aromatic carbocycles. The molecule has 5 heteroatoms. The van der Waals surface area contributed by atoms with E-state index in [1.165, 1.54) is 11.3 Å². The molecule has 0 aliphatic carbocycles. The number of rotatable bonds is 4. The molecule has 0 fully saturated rings. The van der Waals surface area contributed by atoms with Crippen LogP contribution in [-0.2, 0) is 19.6 Å². The van der Waals surface area contributed by atoms with Crippen molar-refractivity contribution in [2.45, 2.75) is 26.6 Å². The van der Waals surface area contributed by atoms with Crippen molar-refractivity contribution < 1.29 is 0 Å². The first-order valence-corrected chi connectivity index (χ1v) is 6.77. The summed E-state index contributed by atoms with van der Waals surface area (Å²) in [6.45, 7) is 6.85. The molecule has 1 N–H and O–H groups in total. The second-order valence-corrected chi connectivity index (χ2v) is 4.74. The van der Waals surface area contributed by atoms with Gasteiger partial charge in [-0.3, -0.25) is 4.98 Å². The van der Waals surface area contributed by atoms with Crippen molar-refractivity contribution >= 4 is 5.69 Å². The fourth-order valence-corrected chi connectivity index (χ4v) is 2.49. The number of anilines is 1. The highest BCUT2D eigenvalue weighted by Crippen LogP contribution is 2.23. The third kappa shape index (κ3) is 2.46. The lowest BCUT2D eigenvalue weighted by Crippen LogP contribution is -2.34. The molecule has 5 nitrogen and oxygen atoms in total. The fourth-order valence-electron chi connectivity index (χ4n) is 2.49. The van der Waals surface area contributed by atoms with Crippen LogP contribution in [0.1, 0.15) is 18.3 Å². The van der Waals surface area contributed by atoms with Crippen LogP contribution in [0, 0.1) is 0 Å². The lowest BCUT2D eigenvalue weighted by Gasteiger charge is -2.30. The number of imidazole rings is 1. The molecule has 0 spiro atoms. The molecule has 0 atom stereocenters. The standard InChI is InChI=1S/C14H19N5/c1-2-15-9-12-3-4-16-10-13(12)19-8-7-18-6-5-17-14(18)11-19/h3-6,10,15H,2,7-9,11H2,1H3. The molecule has 2 aromatic rings. The zero-order valence-electron chi connectivity index (χ0n) is 11.2. The minimum Gasteiger partial charge on any atom is -0.361 e. The predicted octanol–water partition coefficient (Wildman–Crippen LogP) is 1.41. The Morgan fingerprint density at radius 1 is 1.32 bits per heavy atom. The smallest absolute Gasteiger partial charge is 0.128 e. The van der Waals surface area contributed by atoms with E-state index in [0.717, 1.165) is 38.5 Å². The summed E-state index contributed by atoms with van der Waals surface area (Å²) in [4.78, 5) is 11.0. The fraction of sp³-hybridized carbons (Fsp3) is 0.429. The normalized spacial score (nSPS) is 14.5. The van der Waals surface area contributed by atoms with Gasteiger partial charge in [0.1, 0.15) is 5.82 Å². The number of aromatic nitrogens is 3. The molecular formula is C14H19N5. The highest BCUT2D eigenvalue weighted by Gasteiger charge is 2.18. The Morgan fingerprint density at radius 3 is 3.16 bits per heavy atom. The second-order valence-electron chi connectivity index (χ2n) is 4.74. The third-order valence-electron chi connectivity index (χ3n) is 3.54. The van der Waals surface area contributed by atoms with Crippen molar-refractivity contribution in [2.24, 2.45) is 0 Å². The predicted molar refractivity (Wildman–Crippen MR) is 74.9 cm³/mol. The van der Waals surface area contributed by atoms with Gasteiger partial charge in [0.05, 0.1) is 18.4 Å². The van der Waals surface area contributed by atoms with Crippen LogP contribution in [0.15, 0.2) is 30.9 Å². The van der Waals surface area contributed by atoms with Crippen LogP contribution in [0.25, 0.3) is 0 Å². The second kappa shape index (κ2) is 5.40. The van der Waals surface area contributed by atoms with Crippen LogP contribution in [-0.4, -0.2) is 27.6 Å². The molecule has 0 saturated carbocycles. The van der Waals surface area contributed by atoms with Gasteiger partial charge in [-0.2, -0.15) is 0 Å². The molecule has 0 unspecified atom stereocenters. The first-order valence-electron chi connectivity index (χ1n) is 6.77. The number of fused-ring (bicyclic) bond motifs is 1. The van der Waals surface area contributed by atoms with Crippen LogP contribution < -0.4 is 10.2 Å². The number of nitrogens with zero attached hydrogens (tertiary/aromatic N) is 4. The summed E-state index contributed by atoms with van der Waals surface area (Å²) in [5, 5.41) is 3.38. The highest BCUT2D eigenvalue weighted by molar-refractivity contribution is 5.52. The van der Waals surface area contributed by atoms with E-state index in [1.54, 1.807) is 0 Å². The quantitative estimate of drug-likeness (QED) is 0.899. The van der Waals surface area contributed by atoms with E-state index < -0.39 is 0 Å². The molecular weight excluding hydrogens is 238 g/mol.